The normalized spacial score (nSPS) is 10.6. The molecule has 1 amide bonds. The number of ether oxygens (including phenoxy) is 2. The second-order valence-corrected chi connectivity index (χ2v) is 5.95. The van der Waals surface area contributed by atoms with Crippen molar-refractivity contribution in [2.24, 2.45) is 0 Å². The van der Waals surface area contributed by atoms with Gasteiger partial charge in [-0.05, 0) is 12.1 Å². The molecular weight excluding hydrogens is 346 g/mol. The summed E-state index contributed by atoms with van der Waals surface area (Å²) >= 11 is 1.09. The van der Waals surface area contributed by atoms with Gasteiger partial charge in [-0.3, -0.25) is 19.0 Å². The highest BCUT2D eigenvalue weighted by atomic mass is 32.2. The van der Waals surface area contributed by atoms with Crippen LogP contribution in [0.25, 0.3) is 10.9 Å². The van der Waals surface area contributed by atoms with Gasteiger partial charge < -0.3 is 14.8 Å². The SMILES string of the molecule is COCCNC(=O)CSc1nc2ccccc2c(=O)n1CC(=O)OC. The molecule has 2 aromatic rings. The Morgan fingerprint density at radius 1 is 1.28 bits per heavy atom. The van der Waals surface area contributed by atoms with Crippen molar-refractivity contribution in [3.63, 3.8) is 0 Å². The molecule has 1 aromatic heterocycles. The molecule has 0 aliphatic heterocycles. The lowest BCUT2D eigenvalue weighted by molar-refractivity contribution is -0.141. The first kappa shape index (κ1) is 18.9. The number of hydrogen-bond donors (Lipinski definition) is 1. The molecule has 1 aromatic carbocycles. The summed E-state index contributed by atoms with van der Waals surface area (Å²) in [5, 5.41) is 3.38. The summed E-state index contributed by atoms with van der Waals surface area (Å²) in [4.78, 5) is 40.5. The number of nitrogens with one attached hydrogen (secondary N) is 1. The van der Waals surface area contributed by atoms with Crippen LogP contribution in [0.15, 0.2) is 34.2 Å². The Hall–Kier alpha value is -2.39. The largest absolute Gasteiger partial charge is 0.468 e. The second-order valence-electron chi connectivity index (χ2n) is 5.01. The van der Waals surface area contributed by atoms with Crippen molar-refractivity contribution in [3.05, 3.63) is 34.6 Å². The van der Waals surface area contributed by atoms with Crippen molar-refractivity contribution in [1.82, 2.24) is 14.9 Å². The van der Waals surface area contributed by atoms with Crippen LogP contribution in [0.3, 0.4) is 0 Å². The zero-order chi connectivity index (χ0) is 18.2. The number of carbonyl (C=O) groups excluding carboxylic acids is 2. The Balaban J connectivity index is 2.26. The molecule has 8 nitrogen and oxygen atoms in total. The van der Waals surface area contributed by atoms with E-state index < -0.39 is 5.97 Å². The van der Waals surface area contributed by atoms with E-state index >= 15 is 0 Å². The fourth-order valence-electron chi connectivity index (χ4n) is 2.06. The molecule has 0 spiro atoms. The molecular formula is C16H19N3O5S. The van der Waals surface area contributed by atoms with Crippen molar-refractivity contribution in [2.75, 3.05) is 33.1 Å². The quantitative estimate of drug-likeness (QED) is 0.313. The number of rotatable bonds is 8. The highest BCUT2D eigenvalue weighted by Crippen LogP contribution is 2.17. The molecule has 0 radical (unpaired) electrons. The molecule has 0 aliphatic carbocycles. The number of hydrogen-bond acceptors (Lipinski definition) is 7. The smallest absolute Gasteiger partial charge is 0.325 e. The standard InChI is InChI=1S/C16H19N3O5S/c1-23-8-7-17-13(20)10-25-16-18-12-6-4-3-5-11(12)15(22)19(16)9-14(21)24-2/h3-6H,7-10H2,1-2H3,(H,17,20). The van der Waals surface area contributed by atoms with Crippen molar-refractivity contribution in [2.45, 2.75) is 11.7 Å². The summed E-state index contributed by atoms with van der Waals surface area (Å²) in [6.07, 6.45) is 0. The summed E-state index contributed by atoms with van der Waals surface area (Å²) in [5.74, 6) is -0.713. The molecule has 0 saturated heterocycles. The minimum absolute atomic E-state index is 0.0651. The van der Waals surface area contributed by atoms with Crippen LogP contribution in [0.4, 0.5) is 0 Å². The zero-order valence-corrected chi connectivity index (χ0v) is 14.8. The van der Waals surface area contributed by atoms with Gasteiger partial charge in [0.1, 0.15) is 6.54 Å². The van der Waals surface area contributed by atoms with Gasteiger partial charge in [0.05, 0.1) is 30.4 Å². The van der Waals surface area contributed by atoms with Crippen molar-refractivity contribution >= 4 is 34.5 Å². The third-order valence-electron chi connectivity index (χ3n) is 3.30. The molecule has 0 bridgehead atoms. The van der Waals surface area contributed by atoms with Gasteiger partial charge in [-0.1, -0.05) is 23.9 Å². The van der Waals surface area contributed by atoms with Crippen LogP contribution in [-0.4, -0.2) is 54.6 Å². The molecule has 0 unspecified atom stereocenters. The number of aromatic nitrogens is 2. The lowest BCUT2D eigenvalue weighted by Crippen LogP contribution is -2.30. The average Bonchev–Trinajstić information content (AvgIpc) is 2.62. The van der Waals surface area contributed by atoms with Crippen molar-refractivity contribution < 1.29 is 19.1 Å². The van der Waals surface area contributed by atoms with E-state index in [1.165, 1.54) is 11.7 Å². The van der Waals surface area contributed by atoms with Gasteiger partial charge in [-0.2, -0.15) is 0 Å². The molecule has 134 valence electrons. The van der Waals surface area contributed by atoms with Crippen LogP contribution in [0.5, 0.6) is 0 Å². The van der Waals surface area contributed by atoms with Crippen LogP contribution in [0.2, 0.25) is 0 Å². The Labute approximate surface area is 148 Å². The number of carbonyl (C=O) groups is 2. The van der Waals surface area contributed by atoms with E-state index in [4.69, 9.17) is 4.74 Å². The number of thioether (sulfide) groups is 1. The van der Waals surface area contributed by atoms with Crippen LogP contribution in [0.1, 0.15) is 0 Å². The molecule has 1 N–H and O–H groups in total. The van der Waals surface area contributed by atoms with Gasteiger partial charge in [0.15, 0.2) is 5.16 Å². The summed E-state index contributed by atoms with van der Waals surface area (Å²) in [6.45, 7) is 0.550. The maximum absolute atomic E-state index is 12.6. The number of nitrogens with zero attached hydrogens (tertiary/aromatic N) is 2. The predicted octanol–water partition coefficient (Wildman–Crippen LogP) is 0.424. The number of para-hydroxylation sites is 1. The molecule has 25 heavy (non-hydrogen) atoms. The van der Waals surface area contributed by atoms with Gasteiger partial charge in [0, 0.05) is 13.7 Å². The van der Waals surface area contributed by atoms with Gasteiger partial charge >= 0.3 is 5.97 Å². The van der Waals surface area contributed by atoms with Crippen LogP contribution >= 0.6 is 11.8 Å². The Kier molecular flexibility index (Phi) is 6.96. The van der Waals surface area contributed by atoms with E-state index in [1.807, 2.05) is 0 Å². The van der Waals surface area contributed by atoms with Crippen molar-refractivity contribution in [1.29, 1.82) is 0 Å². The van der Waals surface area contributed by atoms with E-state index in [-0.39, 0.29) is 28.9 Å². The number of benzene rings is 1. The third kappa shape index (κ3) is 5.04. The summed E-state index contributed by atoms with van der Waals surface area (Å²) in [6, 6.07) is 6.85. The number of methoxy groups -OCH3 is 2. The summed E-state index contributed by atoms with van der Waals surface area (Å²) in [7, 11) is 2.79. The van der Waals surface area contributed by atoms with E-state index in [0.29, 0.717) is 24.1 Å². The fourth-order valence-corrected chi connectivity index (χ4v) is 2.89. The Morgan fingerprint density at radius 3 is 2.76 bits per heavy atom. The molecule has 0 fully saturated rings. The maximum Gasteiger partial charge on any atom is 0.325 e. The lowest BCUT2D eigenvalue weighted by Gasteiger charge is -2.12. The minimum atomic E-state index is -0.564. The number of fused-ring (bicyclic) bond motifs is 1. The minimum Gasteiger partial charge on any atom is -0.468 e. The first-order valence-electron chi connectivity index (χ1n) is 7.51. The highest BCUT2D eigenvalue weighted by Gasteiger charge is 2.15. The molecule has 2 rings (SSSR count). The van der Waals surface area contributed by atoms with Crippen LogP contribution in [-0.2, 0) is 25.6 Å². The zero-order valence-electron chi connectivity index (χ0n) is 14.0. The topological polar surface area (TPSA) is 99.5 Å². The van der Waals surface area contributed by atoms with Gasteiger partial charge in [-0.25, -0.2) is 4.98 Å². The molecule has 9 heteroatoms. The summed E-state index contributed by atoms with van der Waals surface area (Å²) < 4.78 is 10.7. The second kappa shape index (κ2) is 9.19. The molecule has 0 atom stereocenters. The maximum atomic E-state index is 12.6. The number of esters is 1. The molecule has 0 saturated carbocycles. The number of amides is 1. The molecule has 1 heterocycles. The third-order valence-corrected chi connectivity index (χ3v) is 4.28. The van der Waals surface area contributed by atoms with Gasteiger partial charge in [0.2, 0.25) is 5.91 Å². The van der Waals surface area contributed by atoms with E-state index in [0.717, 1.165) is 11.8 Å². The average molecular weight is 365 g/mol. The lowest BCUT2D eigenvalue weighted by atomic mass is 10.2. The predicted molar refractivity (Wildman–Crippen MR) is 93.6 cm³/mol. The first-order valence-corrected chi connectivity index (χ1v) is 8.50. The fraction of sp³-hybridized carbons (Fsp3) is 0.375. The monoisotopic (exact) mass is 365 g/mol. The Bertz CT molecular complexity index is 821. The highest BCUT2D eigenvalue weighted by molar-refractivity contribution is 7.99. The van der Waals surface area contributed by atoms with Crippen molar-refractivity contribution in [3.8, 4) is 0 Å². The van der Waals surface area contributed by atoms with E-state index in [9.17, 15) is 14.4 Å². The van der Waals surface area contributed by atoms with Crippen LogP contribution < -0.4 is 10.9 Å². The van der Waals surface area contributed by atoms with Crippen LogP contribution in [0, 0.1) is 0 Å². The van der Waals surface area contributed by atoms with E-state index in [2.05, 4.69) is 15.0 Å². The van der Waals surface area contributed by atoms with E-state index in [1.54, 1.807) is 31.4 Å². The van der Waals surface area contributed by atoms with Gasteiger partial charge in [0.25, 0.3) is 5.56 Å². The first-order chi connectivity index (χ1) is 12.1. The van der Waals surface area contributed by atoms with Gasteiger partial charge in [-0.15, -0.1) is 0 Å². The summed E-state index contributed by atoms with van der Waals surface area (Å²) in [5.41, 5.74) is 0.161. The Morgan fingerprint density at radius 2 is 2.04 bits per heavy atom. The molecule has 0 aliphatic rings.